The second kappa shape index (κ2) is 10.1. The Morgan fingerprint density at radius 1 is 1.15 bits per heavy atom. The molecule has 0 spiro atoms. The first-order valence-electron chi connectivity index (χ1n) is 11.4. The lowest BCUT2D eigenvalue weighted by molar-refractivity contribution is -0.122. The van der Waals surface area contributed by atoms with Crippen molar-refractivity contribution in [3.63, 3.8) is 0 Å². The van der Waals surface area contributed by atoms with E-state index in [2.05, 4.69) is 16.0 Å². The molecule has 1 aliphatic heterocycles. The SMILES string of the molecule is O=C(Cn1ccn(-c2ccc(Cl)c(C(=O)NCC3(O)CCCCCC3)c2)c1=O)NC1CNC1. The van der Waals surface area contributed by atoms with Crippen molar-refractivity contribution in [3.05, 3.63) is 51.7 Å². The molecule has 2 fully saturated rings. The Hall–Kier alpha value is -2.62. The van der Waals surface area contributed by atoms with Crippen LogP contribution in [0.5, 0.6) is 0 Å². The molecule has 0 radical (unpaired) electrons. The van der Waals surface area contributed by atoms with Crippen molar-refractivity contribution in [2.75, 3.05) is 19.6 Å². The molecular weight excluding hydrogens is 446 g/mol. The van der Waals surface area contributed by atoms with Crippen molar-refractivity contribution >= 4 is 23.4 Å². The Bertz CT molecular complexity index is 1070. The van der Waals surface area contributed by atoms with Gasteiger partial charge in [0.25, 0.3) is 5.91 Å². The van der Waals surface area contributed by atoms with Crippen molar-refractivity contribution < 1.29 is 14.7 Å². The number of nitrogens with zero attached hydrogens (tertiary/aromatic N) is 2. The highest BCUT2D eigenvalue weighted by molar-refractivity contribution is 6.33. The van der Waals surface area contributed by atoms with Gasteiger partial charge < -0.3 is 21.1 Å². The van der Waals surface area contributed by atoms with Gasteiger partial charge in [-0.05, 0) is 31.0 Å². The highest BCUT2D eigenvalue weighted by Gasteiger charge is 2.29. The molecule has 10 heteroatoms. The van der Waals surface area contributed by atoms with E-state index in [1.807, 2.05) is 0 Å². The first-order chi connectivity index (χ1) is 15.8. The van der Waals surface area contributed by atoms with Crippen LogP contribution in [0.1, 0.15) is 48.9 Å². The van der Waals surface area contributed by atoms with E-state index < -0.39 is 17.2 Å². The second-order valence-corrected chi connectivity index (χ2v) is 9.39. The minimum atomic E-state index is -0.902. The molecule has 4 rings (SSSR count). The smallest absolute Gasteiger partial charge is 0.333 e. The third kappa shape index (κ3) is 5.66. The van der Waals surface area contributed by atoms with Crippen LogP contribution in [-0.4, -0.2) is 57.3 Å². The van der Waals surface area contributed by atoms with Gasteiger partial charge >= 0.3 is 5.69 Å². The van der Waals surface area contributed by atoms with Crippen molar-refractivity contribution in [1.82, 2.24) is 25.1 Å². The quantitative estimate of drug-likeness (QED) is 0.449. The second-order valence-electron chi connectivity index (χ2n) is 8.99. The van der Waals surface area contributed by atoms with E-state index in [0.717, 1.165) is 38.8 Å². The molecule has 0 unspecified atom stereocenters. The number of aromatic nitrogens is 2. The Kier molecular flexibility index (Phi) is 7.21. The van der Waals surface area contributed by atoms with Gasteiger partial charge in [-0.2, -0.15) is 0 Å². The number of rotatable bonds is 7. The van der Waals surface area contributed by atoms with Gasteiger partial charge in [0.1, 0.15) is 6.54 Å². The van der Waals surface area contributed by atoms with E-state index in [9.17, 15) is 19.5 Å². The molecule has 33 heavy (non-hydrogen) atoms. The molecule has 1 aromatic heterocycles. The topological polar surface area (TPSA) is 117 Å². The van der Waals surface area contributed by atoms with Gasteiger partial charge in [0.15, 0.2) is 0 Å². The van der Waals surface area contributed by atoms with Gasteiger partial charge in [0.05, 0.1) is 27.9 Å². The lowest BCUT2D eigenvalue weighted by Crippen LogP contribution is -2.57. The van der Waals surface area contributed by atoms with Crippen LogP contribution in [0.15, 0.2) is 35.4 Å². The summed E-state index contributed by atoms with van der Waals surface area (Å²) < 4.78 is 2.68. The number of nitrogens with one attached hydrogen (secondary N) is 3. The van der Waals surface area contributed by atoms with Crippen molar-refractivity contribution in [1.29, 1.82) is 0 Å². The predicted octanol–water partition coefficient (Wildman–Crippen LogP) is 1.20. The zero-order chi connectivity index (χ0) is 23.4. The molecular formula is C23H30ClN5O4. The maximum absolute atomic E-state index is 12.8. The number of benzene rings is 1. The average molecular weight is 476 g/mol. The van der Waals surface area contributed by atoms with E-state index >= 15 is 0 Å². The largest absolute Gasteiger partial charge is 0.388 e. The zero-order valence-electron chi connectivity index (χ0n) is 18.5. The molecule has 178 valence electrons. The summed E-state index contributed by atoms with van der Waals surface area (Å²) in [5, 5.41) is 19.8. The number of halogens is 1. The molecule has 4 N–H and O–H groups in total. The van der Waals surface area contributed by atoms with Gasteiger partial charge in [-0.25, -0.2) is 4.79 Å². The molecule has 1 saturated heterocycles. The summed E-state index contributed by atoms with van der Waals surface area (Å²) >= 11 is 6.27. The number of aliphatic hydroxyl groups is 1. The Morgan fingerprint density at radius 2 is 1.88 bits per heavy atom. The lowest BCUT2D eigenvalue weighted by Gasteiger charge is -2.27. The summed E-state index contributed by atoms with van der Waals surface area (Å²) in [6.07, 6.45) is 8.49. The van der Waals surface area contributed by atoms with Gasteiger partial charge in [-0.1, -0.05) is 37.3 Å². The fourth-order valence-electron chi connectivity index (χ4n) is 4.29. The van der Waals surface area contributed by atoms with Gasteiger partial charge in [-0.3, -0.25) is 18.7 Å². The molecule has 2 aliphatic rings. The van der Waals surface area contributed by atoms with E-state index in [0.29, 0.717) is 18.5 Å². The number of hydrogen-bond acceptors (Lipinski definition) is 5. The molecule has 2 amide bonds. The van der Waals surface area contributed by atoms with E-state index in [1.54, 1.807) is 24.4 Å². The number of carbonyl (C=O) groups is 2. The number of carbonyl (C=O) groups excluding carboxylic acids is 2. The van der Waals surface area contributed by atoms with Crippen LogP contribution in [0.2, 0.25) is 5.02 Å². The van der Waals surface area contributed by atoms with Crippen LogP contribution in [0.3, 0.4) is 0 Å². The zero-order valence-corrected chi connectivity index (χ0v) is 19.2. The minimum absolute atomic E-state index is 0.0815. The standard InChI is InChI=1S/C23H30ClN5O4/c24-19-6-5-17(11-18(19)21(31)26-15-23(33)7-3-1-2-4-8-23)29-10-9-28(22(29)32)14-20(30)27-16-12-25-13-16/h5-6,9-11,16,25,33H,1-4,7-8,12-15H2,(H,26,31)(H,27,30). The highest BCUT2D eigenvalue weighted by atomic mass is 35.5. The van der Waals surface area contributed by atoms with Crippen molar-refractivity contribution in [3.8, 4) is 5.69 Å². The number of amides is 2. The lowest BCUT2D eigenvalue weighted by atomic mass is 9.94. The van der Waals surface area contributed by atoms with Crippen molar-refractivity contribution in [2.24, 2.45) is 0 Å². The first kappa shape index (κ1) is 23.5. The summed E-state index contributed by atoms with van der Waals surface area (Å²) in [5.74, 6) is -0.630. The van der Waals surface area contributed by atoms with Crippen LogP contribution in [0.25, 0.3) is 5.69 Å². The average Bonchev–Trinajstić information content (AvgIpc) is 2.97. The highest BCUT2D eigenvalue weighted by Crippen LogP contribution is 2.27. The molecule has 0 atom stereocenters. The van der Waals surface area contributed by atoms with Crippen LogP contribution in [0, 0.1) is 0 Å². The number of hydrogen-bond donors (Lipinski definition) is 4. The monoisotopic (exact) mass is 475 g/mol. The van der Waals surface area contributed by atoms with Crippen LogP contribution < -0.4 is 21.6 Å². The summed E-state index contributed by atoms with van der Waals surface area (Å²) in [5.41, 5.74) is -0.606. The summed E-state index contributed by atoms with van der Waals surface area (Å²) in [6.45, 7) is 1.54. The molecule has 9 nitrogen and oxygen atoms in total. The maximum atomic E-state index is 12.8. The van der Waals surface area contributed by atoms with Crippen LogP contribution in [0.4, 0.5) is 0 Å². The number of imidazole rings is 1. The Morgan fingerprint density at radius 3 is 2.55 bits per heavy atom. The van der Waals surface area contributed by atoms with E-state index in [1.165, 1.54) is 15.3 Å². The van der Waals surface area contributed by atoms with Gasteiger partial charge in [-0.15, -0.1) is 0 Å². The third-order valence-corrected chi connectivity index (χ3v) is 6.72. The van der Waals surface area contributed by atoms with Crippen LogP contribution in [-0.2, 0) is 11.3 Å². The molecule has 2 heterocycles. The first-order valence-corrected chi connectivity index (χ1v) is 11.8. The fourth-order valence-corrected chi connectivity index (χ4v) is 4.49. The normalized spacial score (nSPS) is 18.2. The Balaban J connectivity index is 1.45. The molecule has 0 bridgehead atoms. The predicted molar refractivity (Wildman–Crippen MR) is 125 cm³/mol. The molecule has 1 aromatic carbocycles. The fraction of sp³-hybridized carbons (Fsp3) is 0.522. The Labute approximate surface area is 197 Å². The van der Waals surface area contributed by atoms with E-state index in [4.69, 9.17) is 11.6 Å². The van der Waals surface area contributed by atoms with Gasteiger partial charge in [0.2, 0.25) is 5.91 Å². The summed E-state index contributed by atoms with van der Waals surface area (Å²) in [6, 6.07) is 4.85. The van der Waals surface area contributed by atoms with Crippen LogP contribution >= 0.6 is 11.6 Å². The maximum Gasteiger partial charge on any atom is 0.333 e. The molecule has 2 aromatic rings. The van der Waals surface area contributed by atoms with E-state index in [-0.39, 0.29) is 35.6 Å². The third-order valence-electron chi connectivity index (χ3n) is 6.39. The van der Waals surface area contributed by atoms with Gasteiger partial charge in [0, 0.05) is 32.0 Å². The minimum Gasteiger partial charge on any atom is -0.388 e. The summed E-state index contributed by atoms with van der Waals surface area (Å²) in [4.78, 5) is 37.8. The van der Waals surface area contributed by atoms with Crippen molar-refractivity contribution in [2.45, 2.75) is 56.7 Å². The summed E-state index contributed by atoms with van der Waals surface area (Å²) in [7, 11) is 0. The molecule has 1 saturated carbocycles. The molecule has 1 aliphatic carbocycles.